The number of carbonyl (C=O) groups excluding carboxylic acids is 2. The molecule has 1 heterocycles. The van der Waals surface area contributed by atoms with Crippen LogP contribution in [0.4, 0.5) is 0 Å². The summed E-state index contributed by atoms with van der Waals surface area (Å²) in [4.78, 5) is 24.4. The van der Waals surface area contributed by atoms with Gasteiger partial charge in [-0.2, -0.15) is 0 Å². The second kappa shape index (κ2) is 18.5. The Morgan fingerprint density at radius 2 is 1.47 bits per heavy atom. The van der Waals surface area contributed by atoms with E-state index in [1.54, 1.807) is 27.9 Å². The zero-order valence-electron chi connectivity index (χ0n) is 27.7. The highest BCUT2D eigenvalue weighted by molar-refractivity contribution is 5.80. The second-order valence-corrected chi connectivity index (χ2v) is 10.8. The van der Waals surface area contributed by atoms with Crippen LogP contribution < -0.4 is 18.9 Å². The van der Waals surface area contributed by atoms with Crippen LogP contribution in [0.3, 0.4) is 0 Å². The van der Waals surface area contributed by atoms with Gasteiger partial charge in [0.25, 0.3) is 0 Å². The number of rotatable bonds is 20. The van der Waals surface area contributed by atoms with Crippen LogP contribution in [0.25, 0.3) is 0 Å². The van der Waals surface area contributed by atoms with Crippen LogP contribution in [0.2, 0.25) is 0 Å². The molecular weight excluding hydrogens is 580 g/mol. The van der Waals surface area contributed by atoms with Gasteiger partial charge in [0.15, 0.2) is 5.79 Å². The Labute approximate surface area is 267 Å². The number of benzene rings is 2. The van der Waals surface area contributed by atoms with Crippen LogP contribution in [0, 0.1) is 0 Å². The van der Waals surface area contributed by atoms with Gasteiger partial charge in [-0.3, -0.25) is 9.59 Å². The van der Waals surface area contributed by atoms with Crippen LogP contribution in [-0.4, -0.2) is 65.3 Å². The van der Waals surface area contributed by atoms with E-state index in [1.807, 2.05) is 37.3 Å². The molecule has 250 valence electrons. The summed E-state index contributed by atoms with van der Waals surface area (Å²) in [5.41, 5.74) is 2.47. The third kappa shape index (κ3) is 9.99. The Morgan fingerprint density at radius 1 is 0.844 bits per heavy atom. The van der Waals surface area contributed by atoms with Gasteiger partial charge in [-0.1, -0.05) is 19.4 Å². The molecule has 0 amide bonds. The maximum atomic E-state index is 12.7. The Balaban J connectivity index is 1.65. The Hall–Kier alpha value is -3.50. The number of hydrogen-bond donors (Lipinski definition) is 0. The first kappa shape index (κ1) is 36.0. The van der Waals surface area contributed by atoms with Crippen molar-refractivity contribution < 1.29 is 47.5 Å². The molecule has 0 saturated carbocycles. The molecule has 10 nitrogen and oxygen atoms in total. The zero-order chi connectivity index (χ0) is 32.7. The van der Waals surface area contributed by atoms with Crippen molar-refractivity contribution in [2.45, 2.75) is 84.8 Å². The van der Waals surface area contributed by atoms with Gasteiger partial charge >= 0.3 is 11.9 Å². The van der Waals surface area contributed by atoms with E-state index < -0.39 is 11.7 Å². The lowest BCUT2D eigenvalue weighted by atomic mass is 9.98. The largest absolute Gasteiger partial charge is 0.496 e. The van der Waals surface area contributed by atoms with Crippen LogP contribution in [0.15, 0.2) is 30.3 Å². The van der Waals surface area contributed by atoms with Gasteiger partial charge < -0.3 is 37.9 Å². The van der Waals surface area contributed by atoms with Crippen LogP contribution in [0.1, 0.15) is 89.3 Å². The van der Waals surface area contributed by atoms with E-state index in [-0.39, 0.29) is 18.5 Å². The molecule has 1 fully saturated rings. The molecule has 0 N–H and O–H groups in total. The van der Waals surface area contributed by atoms with Crippen molar-refractivity contribution in [1.29, 1.82) is 0 Å². The summed E-state index contributed by atoms with van der Waals surface area (Å²) >= 11 is 0. The number of carbonyl (C=O) groups is 2. The highest BCUT2D eigenvalue weighted by Crippen LogP contribution is 2.42. The number of esters is 2. The summed E-state index contributed by atoms with van der Waals surface area (Å²) in [5, 5.41) is 0. The molecule has 0 aromatic heterocycles. The van der Waals surface area contributed by atoms with E-state index in [1.165, 1.54) is 0 Å². The predicted molar refractivity (Wildman–Crippen MR) is 169 cm³/mol. The Bertz CT molecular complexity index is 1220. The summed E-state index contributed by atoms with van der Waals surface area (Å²) in [7, 11) is 1.66. The smallest absolute Gasteiger partial charge is 0.313 e. The maximum absolute atomic E-state index is 12.7. The van der Waals surface area contributed by atoms with Gasteiger partial charge in [0, 0.05) is 18.4 Å². The average molecular weight is 631 g/mol. The molecule has 2 aromatic carbocycles. The third-order valence-corrected chi connectivity index (χ3v) is 7.49. The molecule has 0 aliphatic carbocycles. The van der Waals surface area contributed by atoms with Gasteiger partial charge in [0.2, 0.25) is 0 Å². The van der Waals surface area contributed by atoms with E-state index in [0.29, 0.717) is 82.4 Å². The SMILES string of the molecule is CCCc1c(OCCCOc2cccc(OCCCCC(=O)OCC)c2C(C)C(=O)OCC)ccc(C2(C)OCCO2)c1OC. The number of ether oxygens (including phenoxy) is 8. The first-order valence-electron chi connectivity index (χ1n) is 16.1. The van der Waals surface area contributed by atoms with Crippen LogP contribution in [-0.2, 0) is 40.7 Å². The van der Waals surface area contributed by atoms with Crippen molar-refractivity contribution >= 4 is 11.9 Å². The van der Waals surface area contributed by atoms with Crippen molar-refractivity contribution in [3.05, 3.63) is 47.0 Å². The van der Waals surface area contributed by atoms with Crippen molar-refractivity contribution in [3.63, 3.8) is 0 Å². The number of methoxy groups -OCH3 is 1. The number of hydrogen-bond acceptors (Lipinski definition) is 10. The van der Waals surface area contributed by atoms with E-state index in [0.717, 1.165) is 35.5 Å². The lowest BCUT2D eigenvalue weighted by Crippen LogP contribution is -2.24. The standard InChI is InChI=1S/C35H50O10/c1-7-14-26-28(19-18-27(33(26)38-6)35(5)44-23-24-45-35)41-21-13-22-43-30-16-12-15-29(32(30)25(4)34(37)40-9-3)42-20-11-10-17-31(36)39-8-2/h12,15-16,18-19,25H,7-11,13-14,17,20-24H2,1-6H3. The summed E-state index contributed by atoms with van der Waals surface area (Å²) < 4.78 is 46.4. The lowest BCUT2D eigenvalue weighted by molar-refractivity contribution is -0.150. The lowest BCUT2D eigenvalue weighted by Gasteiger charge is -2.27. The van der Waals surface area contributed by atoms with Crippen molar-refractivity contribution in [3.8, 4) is 23.0 Å². The van der Waals surface area contributed by atoms with Crippen LogP contribution >= 0.6 is 0 Å². The van der Waals surface area contributed by atoms with Crippen molar-refractivity contribution in [2.75, 3.05) is 53.4 Å². The molecule has 0 spiro atoms. The molecule has 0 radical (unpaired) electrons. The molecular formula is C35H50O10. The first-order chi connectivity index (χ1) is 21.8. The highest BCUT2D eigenvalue weighted by atomic mass is 16.7. The summed E-state index contributed by atoms with van der Waals surface area (Å²) in [6.07, 6.45) is 3.96. The fourth-order valence-electron chi connectivity index (χ4n) is 5.29. The average Bonchev–Trinajstić information content (AvgIpc) is 3.48. The molecule has 1 aliphatic rings. The van der Waals surface area contributed by atoms with E-state index in [9.17, 15) is 9.59 Å². The normalized spacial score (nSPS) is 14.4. The second-order valence-electron chi connectivity index (χ2n) is 10.8. The van der Waals surface area contributed by atoms with E-state index in [4.69, 9.17) is 37.9 Å². The van der Waals surface area contributed by atoms with Crippen molar-refractivity contribution in [1.82, 2.24) is 0 Å². The number of unbranched alkanes of at least 4 members (excludes halogenated alkanes) is 1. The fraction of sp³-hybridized carbons (Fsp3) is 0.600. The third-order valence-electron chi connectivity index (χ3n) is 7.49. The van der Waals surface area contributed by atoms with Crippen LogP contribution in [0.5, 0.6) is 23.0 Å². The van der Waals surface area contributed by atoms with Gasteiger partial charge in [-0.25, -0.2) is 0 Å². The molecule has 1 atom stereocenters. The van der Waals surface area contributed by atoms with E-state index in [2.05, 4.69) is 6.92 Å². The molecule has 0 bridgehead atoms. The molecule has 3 rings (SSSR count). The van der Waals surface area contributed by atoms with E-state index >= 15 is 0 Å². The molecule has 45 heavy (non-hydrogen) atoms. The minimum atomic E-state index is -0.848. The monoisotopic (exact) mass is 630 g/mol. The summed E-state index contributed by atoms with van der Waals surface area (Å²) in [6.45, 7) is 12.3. The molecule has 1 aliphatic heterocycles. The maximum Gasteiger partial charge on any atom is 0.313 e. The minimum absolute atomic E-state index is 0.214. The first-order valence-corrected chi connectivity index (χ1v) is 16.1. The van der Waals surface area contributed by atoms with Crippen molar-refractivity contribution in [2.24, 2.45) is 0 Å². The minimum Gasteiger partial charge on any atom is -0.496 e. The quantitative estimate of drug-likeness (QED) is 0.119. The molecule has 1 saturated heterocycles. The van der Waals surface area contributed by atoms with Gasteiger partial charge in [-0.05, 0) is 71.2 Å². The predicted octanol–water partition coefficient (Wildman–Crippen LogP) is 6.49. The topological polar surface area (TPSA) is 108 Å². The Morgan fingerprint density at radius 3 is 2.07 bits per heavy atom. The summed E-state index contributed by atoms with van der Waals surface area (Å²) in [5.74, 6) is 0.590. The van der Waals surface area contributed by atoms with Gasteiger partial charge in [0.05, 0.1) is 70.4 Å². The zero-order valence-corrected chi connectivity index (χ0v) is 27.7. The van der Waals surface area contributed by atoms with Gasteiger partial charge in [0.1, 0.15) is 23.0 Å². The summed E-state index contributed by atoms with van der Waals surface area (Å²) in [6, 6.07) is 9.38. The fourth-order valence-corrected chi connectivity index (χ4v) is 5.29. The van der Waals surface area contributed by atoms with Gasteiger partial charge in [-0.15, -0.1) is 0 Å². The molecule has 10 heteroatoms. The highest BCUT2D eigenvalue weighted by Gasteiger charge is 2.37. The molecule has 2 aromatic rings. The Kier molecular flexibility index (Phi) is 14.8. The molecule has 1 unspecified atom stereocenters.